The summed E-state index contributed by atoms with van der Waals surface area (Å²) in [6.45, 7) is 2.58. The van der Waals surface area contributed by atoms with E-state index in [-0.39, 0.29) is 12.4 Å². The summed E-state index contributed by atoms with van der Waals surface area (Å²) in [5, 5.41) is 9.76. The van der Waals surface area contributed by atoms with Crippen LogP contribution in [0.5, 0.6) is 0 Å². The van der Waals surface area contributed by atoms with Crippen molar-refractivity contribution in [2.24, 2.45) is 0 Å². The van der Waals surface area contributed by atoms with Crippen LogP contribution in [-0.4, -0.2) is 27.3 Å². The molecule has 0 N–H and O–H groups in total. The van der Waals surface area contributed by atoms with Crippen LogP contribution < -0.4 is 0 Å². The number of carbonyl (C=O) groups excluding carboxylic acids is 1. The van der Waals surface area contributed by atoms with Crippen LogP contribution in [0.3, 0.4) is 0 Å². The van der Waals surface area contributed by atoms with Crippen molar-refractivity contribution < 1.29 is 18.4 Å². The number of hydrogen-bond acceptors (Lipinski definition) is 7. The zero-order chi connectivity index (χ0) is 19.5. The molecular weight excluding hydrogens is 446 g/mol. The third-order valence-electron chi connectivity index (χ3n) is 4.05. The molecule has 0 spiro atoms. The molecule has 0 saturated carbocycles. The number of furan rings is 2. The van der Waals surface area contributed by atoms with Crippen molar-refractivity contribution in [2.45, 2.75) is 24.4 Å². The SMILES string of the molecule is CCOC(=O)c1oc2ccc(Br)cc2c1CSc1nncn1Cc1ccco1. The van der Waals surface area contributed by atoms with Gasteiger partial charge >= 0.3 is 5.97 Å². The van der Waals surface area contributed by atoms with Gasteiger partial charge in [-0.15, -0.1) is 10.2 Å². The Morgan fingerprint density at radius 2 is 2.25 bits per heavy atom. The van der Waals surface area contributed by atoms with Crippen LogP contribution in [0.15, 0.2) is 61.4 Å². The van der Waals surface area contributed by atoms with Crippen molar-refractivity contribution in [3.8, 4) is 0 Å². The molecule has 0 radical (unpaired) electrons. The average Bonchev–Trinajstić information content (AvgIpc) is 3.41. The summed E-state index contributed by atoms with van der Waals surface area (Å²) in [7, 11) is 0. The highest BCUT2D eigenvalue weighted by Crippen LogP contribution is 2.33. The Labute approximate surface area is 173 Å². The quantitative estimate of drug-likeness (QED) is 0.285. The van der Waals surface area contributed by atoms with Gasteiger partial charge in [0.05, 0.1) is 19.4 Å². The minimum Gasteiger partial charge on any atom is -0.467 e. The third-order valence-corrected chi connectivity index (χ3v) is 5.55. The number of esters is 1. The summed E-state index contributed by atoms with van der Waals surface area (Å²) in [4.78, 5) is 12.4. The Morgan fingerprint density at radius 3 is 3.04 bits per heavy atom. The number of halogens is 1. The molecule has 0 bridgehead atoms. The molecule has 3 heterocycles. The summed E-state index contributed by atoms with van der Waals surface area (Å²) in [5.74, 6) is 1.04. The van der Waals surface area contributed by atoms with Gasteiger partial charge in [-0.1, -0.05) is 27.7 Å². The molecule has 0 amide bonds. The zero-order valence-corrected chi connectivity index (χ0v) is 17.3. The Morgan fingerprint density at radius 1 is 1.36 bits per heavy atom. The molecule has 0 aliphatic carbocycles. The van der Waals surface area contributed by atoms with Crippen molar-refractivity contribution >= 4 is 44.6 Å². The van der Waals surface area contributed by atoms with E-state index in [1.807, 2.05) is 34.9 Å². The Balaban J connectivity index is 1.63. The number of benzene rings is 1. The molecule has 28 heavy (non-hydrogen) atoms. The topological polar surface area (TPSA) is 83.3 Å². The van der Waals surface area contributed by atoms with Crippen LogP contribution in [0.25, 0.3) is 11.0 Å². The molecule has 0 aliphatic heterocycles. The van der Waals surface area contributed by atoms with Crippen molar-refractivity contribution in [2.75, 3.05) is 6.61 Å². The van der Waals surface area contributed by atoms with Crippen molar-refractivity contribution in [3.05, 3.63) is 64.5 Å². The van der Waals surface area contributed by atoms with Gasteiger partial charge in [0.25, 0.3) is 0 Å². The van der Waals surface area contributed by atoms with E-state index in [1.54, 1.807) is 19.5 Å². The third kappa shape index (κ3) is 3.85. The van der Waals surface area contributed by atoms with Crippen LogP contribution in [-0.2, 0) is 17.0 Å². The van der Waals surface area contributed by atoms with E-state index in [1.165, 1.54) is 11.8 Å². The van der Waals surface area contributed by atoms with Gasteiger partial charge in [-0.2, -0.15) is 0 Å². The Kier molecular flexibility index (Phi) is 5.54. The summed E-state index contributed by atoms with van der Waals surface area (Å²) in [5.41, 5.74) is 1.41. The predicted molar refractivity (Wildman–Crippen MR) is 107 cm³/mol. The highest BCUT2D eigenvalue weighted by atomic mass is 79.9. The molecule has 7 nitrogen and oxygen atoms in total. The van der Waals surface area contributed by atoms with Gasteiger partial charge in [-0.05, 0) is 37.3 Å². The molecule has 0 saturated heterocycles. The number of carbonyl (C=O) groups is 1. The minimum atomic E-state index is -0.470. The molecule has 0 atom stereocenters. The number of nitrogens with zero attached hydrogens (tertiary/aromatic N) is 3. The number of ether oxygens (including phenoxy) is 1. The standard InChI is InChI=1S/C19H16BrN3O4S/c1-2-25-18(24)17-15(14-8-12(20)5-6-16(14)27-17)10-28-19-22-21-11-23(19)9-13-4-3-7-26-13/h3-8,11H,2,9-10H2,1H3. The maximum absolute atomic E-state index is 12.4. The maximum Gasteiger partial charge on any atom is 0.374 e. The normalized spacial score (nSPS) is 11.2. The van der Waals surface area contributed by atoms with Crippen LogP contribution in [0.2, 0.25) is 0 Å². The summed E-state index contributed by atoms with van der Waals surface area (Å²) in [6, 6.07) is 9.38. The van der Waals surface area contributed by atoms with Gasteiger partial charge in [-0.25, -0.2) is 4.79 Å². The van der Waals surface area contributed by atoms with E-state index < -0.39 is 5.97 Å². The first-order valence-corrected chi connectivity index (χ1v) is 10.3. The minimum absolute atomic E-state index is 0.222. The zero-order valence-electron chi connectivity index (χ0n) is 14.9. The number of hydrogen-bond donors (Lipinski definition) is 0. The van der Waals surface area contributed by atoms with Gasteiger partial charge in [0.2, 0.25) is 5.76 Å². The van der Waals surface area contributed by atoms with Gasteiger partial charge < -0.3 is 18.1 Å². The largest absolute Gasteiger partial charge is 0.467 e. The maximum atomic E-state index is 12.4. The van der Waals surface area contributed by atoms with Crippen LogP contribution >= 0.6 is 27.7 Å². The second-order valence-corrected chi connectivity index (χ2v) is 7.74. The van der Waals surface area contributed by atoms with Crippen LogP contribution in [0.1, 0.15) is 28.8 Å². The first-order chi connectivity index (χ1) is 13.7. The lowest BCUT2D eigenvalue weighted by Gasteiger charge is -2.05. The number of aromatic nitrogens is 3. The second-order valence-electron chi connectivity index (χ2n) is 5.88. The predicted octanol–water partition coefficient (Wildman–Crippen LogP) is 4.90. The van der Waals surface area contributed by atoms with E-state index in [0.717, 1.165) is 26.3 Å². The highest BCUT2D eigenvalue weighted by Gasteiger charge is 2.22. The van der Waals surface area contributed by atoms with Crippen LogP contribution in [0.4, 0.5) is 0 Å². The Hall–Kier alpha value is -2.52. The van der Waals surface area contributed by atoms with E-state index in [2.05, 4.69) is 26.1 Å². The number of rotatable bonds is 7. The Bertz CT molecular complexity index is 1100. The lowest BCUT2D eigenvalue weighted by atomic mass is 10.1. The van der Waals surface area contributed by atoms with E-state index in [9.17, 15) is 4.79 Å². The fourth-order valence-corrected chi connectivity index (χ4v) is 4.10. The lowest BCUT2D eigenvalue weighted by Crippen LogP contribution is -2.06. The summed E-state index contributed by atoms with van der Waals surface area (Å²) >= 11 is 4.95. The lowest BCUT2D eigenvalue weighted by molar-refractivity contribution is 0.0491. The van der Waals surface area contributed by atoms with Crippen LogP contribution in [0, 0.1) is 0 Å². The average molecular weight is 462 g/mol. The number of thioether (sulfide) groups is 1. The molecule has 0 fully saturated rings. The molecular formula is C19H16BrN3O4S. The molecule has 4 aromatic rings. The van der Waals surface area contributed by atoms with Crippen molar-refractivity contribution in [1.29, 1.82) is 0 Å². The second kappa shape index (κ2) is 8.24. The van der Waals surface area contributed by atoms with Gasteiger partial charge in [0, 0.05) is 21.2 Å². The molecule has 144 valence electrons. The molecule has 9 heteroatoms. The smallest absolute Gasteiger partial charge is 0.374 e. The molecule has 0 unspecified atom stereocenters. The number of fused-ring (bicyclic) bond motifs is 1. The molecule has 3 aromatic heterocycles. The first-order valence-electron chi connectivity index (χ1n) is 8.56. The molecule has 1 aromatic carbocycles. The summed E-state index contributed by atoms with van der Waals surface area (Å²) in [6.07, 6.45) is 3.29. The van der Waals surface area contributed by atoms with E-state index in [4.69, 9.17) is 13.6 Å². The summed E-state index contributed by atoms with van der Waals surface area (Å²) < 4.78 is 19.1. The van der Waals surface area contributed by atoms with Gasteiger partial charge in [0.1, 0.15) is 17.7 Å². The van der Waals surface area contributed by atoms with E-state index in [0.29, 0.717) is 17.9 Å². The fraction of sp³-hybridized carbons (Fsp3) is 0.211. The highest BCUT2D eigenvalue weighted by molar-refractivity contribution is 9.10. The first kappa shape index (κ1) is 18.8. The van der Waals surface area contributed by atoms with Crippen molar-refractivity contribution in [1.82, 2.24) is 14.8 Å². The monoisotopic (exact) mass is 461 g/mol. The molecule has 0 aliphatic rings. The van der Waals surface area contributed by atoms with E-state index >= 15 is 0 Å². The van der Waals surface area contributed by atoms with Gasteiger partial charge in [-0.3, -0.25) is 0 Å². The fourth-order valence-electron chi connectivity index (χ4n) is 2.80. The molecule has 4 rings (SSSR count). The van der Waals surface area contributed by atoms with Crippen molar-refractivity contribution in [3.63, 3.8) is 0 Å². The van der Waals surface area contributed by atoms with Gasteiger partial charge in [0.15, 0.2) is 5.16 Å².